The van der Waals surface area contributed by atoms with Crippen LogP contribution in [0.3, 0.4) is 0 Å². The van der Waals surface area contributed by atoms with Crippen molar-refractivity contribution in [1.82, 2.24) is 5.43 Å². The van der Waals surface area contributed by atoms with Crippen molar-refractivity contribution < 1.29 is 14.5 Å². The van der Waals surface area contributed by atoms with Crippen LogP contribution in [0.2, 0.25) is 0 Å². The maximum absolute atomic E-state index is 10.7. The Morgan fingerprint density at radius 2 is 2.31 bits per heavy atom. The molecule has 0 bridgehead atoms. The van der Waals surface area contributed by atoms with Crippen LogP contribution < -0.4 is 5.43 Å². The molecule has 0 saturated carbocycles. The van der Waals surface area contributed by atoms with Crippen molar-refractivity contribution in [2.75, 3.05) is 6.61 Å². The standard InChI is InChI=1S/C9H7N3O4/c13-9-11-10-8(5-16-9)6-2-1-3-7(4-6)12(14)15/h1-4H,5H2,(H,11,13). The van der Waals surface area contributed by atoms with Gasteiger partial charge in [0.2, 0.25) is 0 Å². The van der Waals surface area contributed by atoms with Crippen molar-refractivity contribution >= 4 is 17.5 Å². The number of nitrogens with one attached hydrogen (secondary N) is 1. The summed E-state index contributed by atoms with van der Waals surface area (Å²) < 4.78 is 4.69. The molecule has 1 aromatic rings. The van der Waals surface area contributed by atoms with Crippen molar-refractivity contribution in [3.63, 3.8) is 0 Å². The zero-order valence-electron chi connectivity index (χ0n) is 8.04. The molecule has 7 heteroatoms. The first-order chi connectivity index (χ1) is 7.66. The highest BCUT2D eigenvalue weighted by Gasteiger charge is 2.15. The molecule has 0 fully saturated rings. The highest BCUT2D eigenvalue weighted by molar-refractivity contribution is 6.04. The number of rotatable bonds is 2. The molecule has 1 aliphatic rings. The maximum atomic E-state index is 10.7. The summed E-state index contributed by atoms with van der Waals surface area (Å²) in [5.74, 6) is 0. The summed E-state index contributed by atoms with van der Waals surface area (Å²) in [5, 5.41) is 14.3. The van der Waals surface area contributed by atoms with Crippen LogP contribution in [0.1, 0.15) is 5.56 Å². The molecule has 0 aromatic heterocycles. The predicted octanol–water partition coefficient (Wildman–Crippen LogP) is 1.04. The third-order valence-corrected chi connectivity index (χ3v) is 2.01. The lowest BCUT2D eigenvalue weighted by molar-refractivity contribution is -0.384. The number of nitro benzene ring substituents is 1. The predicted molar refractivity (Wildman–Crippen MR) is 54.1 cm³/mol. The van der Waals surface area contributed by atoms with Crippen LogP contribution in [0.5, 0.6) is 0 Å². The minimum Gasteiger partial charge on any atom is -0.442 e. The van der Waals surface area contributed by atoms with Gasteiger partial charge in [-0.15, -0.1) is 0 Å². The van der Waals surface area contributed by atoms with Crippen LogP contribution in [0, 0.1) is 10.1 Å². The minimum atomic E-state index is -0.630. The third-order valence-electron chi connectivity index (χ3n) is 2.01. The van der Waals surface area contributed by atoms with Crippen molar-refractivity contribution in [1.29, 1.82) is 0 Å². The fourth-order valence-corrected chi connectivity index (χ4v) is 1.26. The molecule has 1 N–H and O–H groups in total. The van der Waals surface area contributed by atoms with Gasteiger partial charge >= 0.3 is 6.09 Å². The number of nitro groups is 1. The first-order valence-corrected chi connectivity index (χ1v) is 4.41. The summed E-state index contributed by atoms with van der Waals surface area (Å²) >= 11 is 0. The van der Waals surface area contributed by atoms with Gasteiger partial charge in [0.05, 0.1) is 4.92 Å². The van der Waals surface area contributed by atoms with E-state index < -0.39 is 11.0 Å². The Kier molecular flexibility index (Phi) is 2.50. The fraction of sp³-hybridized carbons (Fsp3) is 0.111. The molecule has 0 spiro atoms. The Bertz CT molecular complexity index is 483. The van der Waals surface area contributed by atoms with Crippen LogP contribution >= 0.6 is 0 Å². The summed E-state index contributed by atoms with van der Waals surface area (Å²) in [7, 11) is 0. The Hall–Kier alpha value is -2.44. The number of amides is 1. The van der Waals surface area contributed by atoms with E-state index in [-0.39, 0.29) is 12.3 Å². The molecule has 0 atom stereocenters. The summed E-state index contributed by atoms with van der Waals surface area (Å²) in [4.78, 5) is 20.7. The number of carbonyl (C=O) groups excluding carboxylic acids is 1. The number of hydrogen-bond donors (Lipinski definition) is 1. The molecule has 0 radical (unpaired) electrons. The normalized spacial score (nSPS) is 14.8. The lowest BCUT2D eigenvalue weighted by Gasteiger charge is -2.12. The number of cyclic esters (lactones) is 1. The van der Waals surface area contributed by atoms with E-state index in [4.69, 9.17) is 4.74 Å². The molecule has 1 aromatic carbocycles. The van der Waals surface area contributed by atoms with Crippen LogP contribution in [0.15, 0.2) is 29.4 Å². The monoisotopic (exact) mass is 221 g/mol. The van der Waals surface area contributed by atoms with Gasteiger partial charge in [0.15, 0.2) is 0 Å². The molecule has 0 unspecified atom stereocenters. The number of non-ortho nitro benzene ring substituents is 1. The van der Waals surface area contributed by atoms with Gasteiger partial charge in [-0.2, -0.15) is 5.10 Å². The van der Waals surface area contributed by atoms with Crippen LogP contribution in [-0.2, 0) is 4.74 Å². The lowest BCUT2D eigenvalue weighted by atomic mass is 10.1. The maximum Gasteiger partial charge on any atom is 0.428 e. The Morgan fingerprint density at radius 1 is 1.50 bits per heavy atom. The van der Waals surface area contributed by atoms with E-state index in [9.17, 15) is 14.9 Å². The summed E-state index contributed by atoms with van der Waals surface area (Å²) in [6.45, 7) is 0.00695. The van der Waals surface area contributed by atoms with Gasteiger partial charge in [0.1, 0.15) is 12.3 Å². The molecule has 1 heterocycles. The van der Waals surface area contributed by atoms with Gasteiger partial charge in [-0.3, -0.25) is 10.1 Å². The number of ether oxygens (including phenoxy) is 1. The highest BCUT2D eigenvalue weighted by atomic mass is 16.6. The van der Waals surface area contributed by atoms with Gasteiger partial charge in [-0.05, 0) is 0 Å². The van der Waals surface area contributed by atoms with Crippen LogP contribution in [-0.4, -0.2) is 23.3 Å². The molecule has 0 saturated heterocycles. The third kappa shape index (κ3) is 1.97. The van der Waals surface area contributed by atoms with E-state index in [1.54, 1.807) is 12.1 Å². The summed E-state index contributed by atoms with van der Waals surface area (Å²) in [6.07, 6.45) is -0.630. The second-order valence-corrected chi connectivity index (χ2v) is 3.05. The quantitative estimate of drug-likeness (QED) is 0.596. The smallest absolute Gasteiger partial charge is 0.428 e. The topological polar surface area (TPSA) is 93.8 Å². The van der Waals surface area contributed by atoms with E-state index in [2.05, 4.69) is 10.5 Å². The second kappa shape index (κ2) is 3.97. The molecule has 7 nitrogen and oxygen atoms in total. The fourth-order valence-electron chi connectivity index (χ4n) is 1.26. The molecule has 1 amide bonds. The second-order valence-electron chi connectivity index (χ2n) is 3.05. The Balaban J connectivity index is 2.30. The van der Waals surface area contributed by atoms with Gasteiger partial charge in [-0.1, -0.05) is 12.1 Å². The SMILES string of the molecule is O=C1NN=C(c2cccc([N+](=O)[O-])c2)CO1. The molecule has 2 rings (SSSR count). The average molecular weight is 221 g/mol. The molecule has 1 aliphatic heterocycles. The van der Waals surface area contributed by atoms with Crippen molar-refractivity contribution in [3.8, 4) is 0 Å². The Morgan fingerprint density at radius 3 is 2.94 bits per heavy atom. The zero-order valence-corrected chi connectivity index (χ0v) is 8.04. The van der Waals surface area contributed by atoms with Crippen molar-refractivity contribution in [3.05, 3.63) is 39.9 Å². The van der Waals surface area contributed by atoms with E-state index in [0.717, 1.165) is 0 Å². The first-order valence-electron chi connectivity index (χ1n) is 4.41. The van der Waals surface area contributed by atoms with Gasteiger partial charge in [0, 0.05) is 17.7 Å². The molecule has 82 valence electrons. The number of carbonyl (C=O) groups is 1. The average Bonchev–Trinajstić information content (AvgIpc) is 2.30. The van der Waals surface area contributed by atoms with Crippen molar-refractivity contribution in [2.45, 2.75) is 0 Å². The van der Waals surface area contributed by atoms with Crippen molar-refractivity contribution in [2.24, 2.45) is 5.10 Å². The van der Waals surface area contributed by atoms with E-state index in [1.807, 2.05) is 0 Å². The van der Waals surface area contributed by atoms with E-state index in [1.165, 1.54) is 12.1 Å². The van der Waals surface area contributed by atoms with Crippen LogP contribution in [0.25, 0.3) is 0 Å². The minimum absolute atomic E-state index is 0.00695. The zero-order chi connectivity index (χ0) is 11.5. The summed E-state index contributed by atoms with van der Waals surface area (Å²) in [6, 6.07) is 5.96. The summed E-state index contributed by atoms with van der Waals surface area (Å²) in [5.41, 5.74) is 3.10. The largest absolute Gasteiger partial charge is 0.442 e. The molecular weight excluding hydrogens is 214 g/mol. The number of hydrazone groups is 1. The van der Waals surface area contributed by atoms with Gasteiger partial charge in [0.25, 0.3) is 5.69 Å². The lowest BCUT2D eigenvalue weighted by Crippen LogP contribution is -2.30. The molecular formula is C9H7N3O4. The Labute approximate surface area is 89.9 Å². The first kappa shape index (κ1) is 10.1. The number of nitrogens with zero attached hydrogens (tertiary/aromatic N) is 2. The van der Waals surface area contributed by atoms with E-state index >= 15 is 0 Å². The van der Waals surface area contributed by atoms with Gasteiger partial charge < -0.3 is 4.74 Å². The molecule has 16 heavy (non-hydrogen) atoms. The van der Waals surface area contributed by atoms with Crippen LogP contribution in [0.4, 0.5) is 10.5 Å². The number of hydrogen-bond acceptors (Lipinski definition) is 5. The molecule has 0 aliphatic carbocycles. The van der Waals surface area contributed by atoms with E-state index in [0.29, 0.717) is 11.3 Å². The number of benzene rings is 1. The van der Waals surface area contributed by atoms with Gasteiger partial charge in [-0.25, -0.2) is 10.2 Å². The highest BCUT2D eigenvalue weighted by Crippen LogP contribution is 2.14.